The molecule has 1 amide bonds. The summed E-state index contributed by atoms with van der Waals surface area (Å²) in [5, 5.41) is 11.8. The molecule has 0 unspecified atom stereocenters. The number of anilines is 1. The number of hydrogen-bond acceptors (Lipinski definition) is 4. The largest absolute Gasteiger partial charge is 0.508 e. The van der Waals surface area contributed by atoms with Crippen molar-refractivity contribution in [2.24, 2.45) is 0 Å². The number of halogens is 1. The minimum Gasteiger partial charge on any atom is -0.508 e. The lowest BCUT2D eigenvalue weighted by Gasteiger charge is -2.14. The highest BCUT2D eigenvalue weighted by Gasteiger charge is 2.18. The fourth-order valence-electron chi connectivity index (χ4n) is 3.18. The van der Waals surface area contributed by atoms with Gasteiger partial charge in [-0.15, -0.1) is 0 Å². The van der Waals surface area contributed by atoms with Crippen LogP contribution in [-0.2, 0) is 24.3 Å². The van der Waals surface area contributed by atoms with Gasteiger partial charge in [-0.1, -0.05) is 53.3 Å². The summed E-state index contributed by atoms with van der Waals surface area (Å²) < 4.78 is 2.15. The summed E-state index contributed by atoms with van der Waals surface area (Å²) in [4.78, 5) is 38.0. The molecular formula is C25H24ClN3O4. The van der Waals surface area contributed by atoms with Gasteiger partial charge >= 0.3 is 5.69 Å². The molecule has 0 saturated carbocycles. The highest BCUT2D eigenvalue weighted by molar-refractivity contribution is 6.32. The Morgan fingerprint density at radius 3 is 2.36 bits per heavy atom. The predicted molar refractivity (Wildman–Crippen MR) is 129 cm³/mol. The standard InChI is InChI=1S/C25H24ClN3O4/c1-3-28-24(32)22(27-21(31)15-12-19-8-6-17(2)7-9-19)23(26)29(25(28)33)16-4-5-18-10-13-20(30)14-11-18/h6-11,13-14,30H,3,12,15-16H2,1-2H3,(H,27,31). The van der Waals surface area contributed by atoms with Gasteiger partial charge in [-0.2, -0.15) is 0 Å². The molecular weight excluding hydrogens is 442 g/mol. The molecule has 170 valence electrons. The Kier molecular flexibility index (Phi) is 7.75. The molecule has 1 heterocycles. The van der Waals surface area contributed by atoms with Crippen LogP contribution < -0.4 is 16.6 Å². The number of carbonyl (C=O) groups excluding carboxylic acids is 1. The number of nitrogens with zero attached hydrogens (tertiary/aromatic N) is 2. The molecule has 0 bridgehead atoms. The molecule has 3 aromatic rings. The van der Waals surface area contributed by atoms with E-state index in [2.05, 4.69) is 17.2 Å². The zero-order valence-corrected chi connectivity index (χ0v) is 19.1. The van der Waals surface area contributed by atoms with Crippen LogP contribution in [0, 0.1) is 18.8 Å². The van der Waals surface area contributed by atoms with Crippen LogP contribution in [0.4, 0.5) is 5.69 Å². The van der Waals surface area contributed by atoms with E-state index in [9.17, 15) is 19.5 Å². The number of phenolic OH excluding ortho intramolecular Hbond substituents is 1. The molecule has 0 aliphatic rings. The first-order valence-corrected chi connectivity index (χ1v) is 10.8. The number of benzene rings is 2. The van der Waals surface area contributed by atoms with Crippen molar-refractivity contribution in [1.82, 2.24) is 9.13 Å². The SMILES string of the molecule is CCn1c(=O)c(NC(=O)CCc2ccc(C)cc2)c(Cl)n(CC#Cc2ccc(O)cc2)c1=O. The molecule has 0 aliphatic heterocycles. The van der Waals surface area contributed by atoms with Gasteiger partial charge in [0, 0.05) is 18.5 Å². The first-order valence-electron chi connectivity index (χ1n) is 10.5. The zero-order chi connectivity index (χ0) is 24.0. The summed E-state index contributed by atoms with van der Waals surface area (Å²) in [5.74, 6) is 5.46. The van der Waals surface area contributed by atoms with E-state index in [-0.39, 0.29) is 42.0 Å². The summed E-state index contributed by atoms with van der Waals surface area (Å²) in [5.41, 5.74) is 1.38. The lowest BCUT2D eigenvalue weighted by Crippen LogP contribution is -2.41. The van der Waals surface area contributed by atoms with Gasteiger partial charge in [0.2, 0.25) is 5.91 Å². The van der Waals surface area contributed by atoms with Crippen LogP contribution in [0.2, 0.25) is 5.15 Å². The van der Waals surface area contributed by atoms with Gasteiger partial charge in [0.15, 0.2) is 0 Å². The fraction of sp³-hybridized carbons (Fsp3) is 0.240. The second kappa shape index (κ2) is 10.7. The molecule has 33 heavy (non-hydrogen) atoms. The van der Waals surface area contributed by atoms with Crippen molar-refractivity contribution < 1.29 is 9.90 Å². The highest BCUT2D eigenvalue weighted by atomic mass is 35.5. The first kappa shape index (κ1) is 23.9. The van der Waals surface area contributed by atoms with Gasteiger partial charge in [0.1, 0.15) is 16.6 Å². The maximum atomic E-state index is 12.8. The van der Waals surface area contributed by atoms with Crippen molar-refractivity contribution >= 4 is 23.2 Å². The smallest absolute Gasteiger partial charge is 0.333 e. The van der Waals surface area contributed by atoms with Gasteiger partial charge < -0.3 is 10.4 Å². The van der Waals surface area contributed by atoms with Crippen molar-refractivity contribution in [3.63, 3.8) is 0 Å². The molecule has 0 saturated heterocycles. The fourth-order valence-corrected chi connectivity index (χ4v) is 3.44. The summed E-state index contributed by atoms with van der Waals surface area (Å²) in [6.45, 7) is 3.69. The molecule has 0 radical (unpaired) electrons. The van der Waals surface area contributed by atoms with Crippen molar-refractivity contribution in [3.8, 4) is 17.6 Å². The average molecular weight is 466 g/mol. The molecule has 7 nitrogen and oxygen atoms in total. The summed E-state index contributed by atoms with van der Waals surface area (Å²) >= 11 is 6.36. The Balaban J connectivity index is 1.83. The van der Waals surface area contributed by atoms with Gasteiger partial charge in [-0.05, 0) is 50.1 Å². The third-order valence-electron chi connectivity index (χ3n) is 5.04. The van der Waals surface area contributed by atoms with Crippen molar-refractivity contribution in [2.75, 3.05) is 5.32 Å². The second-order valence-electron chi connectivity index (χ2n) is 7.47. The van der Waals surface area contributed by atoms with E-state index >= 15 is 0 Å². The maximum Gasteiger partial charge on any atom is 0.333 e. The zero-order valence-electron chi connectivity index (χ0n) is 18.4. The molecule has 3 rings (SSSR count). The number of aromatic nitrogens is 2. The lowest BCUT2D eigenvalue weighted by atomic mass is 10.1. The summed E-state index contributed by atoms with van der Waals surface area (Å²) in [6, 6.07) is 14.1. The number of amides is 1. The number of rotatable bonds is 6. The number of aryl methyl sites for hydroxylation is 2. The van der Waals surface area contributed by atoms with Crippen LogP contribution in [-0.4, -0.2) is 20.1 Å². The maximum absolute atomic E-state index is 12.8. The van der Waals surface area contributed by atoms with E-state index in [0.29, 0.717) is 12.0 Å². The van der Waals surface area contributed by atoms with Crippen LogP contribution in [0.3, 0.4) is 0 Å². The van der Waals surface area contributed by atoms with Crippen molar-refractivity contribution in [2.45, 2.75) is 39.8 Å². The molecule has 1 aromatic heterocycles. The van der Waals surface area contributed by atoms with Crippen LogP contribution in [0.1, 0.15) is 30.0 Å². The third kappa shape index (κ3) is 5.93. The number of hydrogen-bond donors (Lipinski definition) is 2. The minimum absolute atomic E-state index is 0.0783. The number of aromatic hydroxyl groups is 1. The monoisotopic (exact) mass is 465 g/mol. The van der Waals surface area contributed by atoms with Gasteiger partial charge in [-0.25, -0.2) is 4.79 Å². The average Bonchev–Trinajstić information content (AvgIpc) is 2.80. The molecule has 0 spiro atoms. The van der Waals surface area contributed by atoms with Gasteiger partial charge in [-0.3, -0.25) is 18.7 Å². The number of nitrogens with one attached hydrogen (secondary N) is 1. The second-order valence-corrected chi connectivity index (χ2v) is 7.82. The van der Waals surface area contributed by atoms with Gasteiger partial charge in [0.25, 0.3) is 5.56 Å². The quantitative estimate of drug-likeness (QED) is 0.431. The van der Waals surface area contributed by atoms with Crippen LogP contribution >= 0.6 is 11.6 Å². The Hall–Kier alpha value is -3.76. The number of phenols is 1. The van der Waals surface area contributed by atoms with E-state index < -0.39 is 11.2 Å². The predicted octanol–water partition coefficient (Wildman–Crippen LogP) is 3.32. The van der Waals surface area contributed by atoms with Crippen molar-refractivity contribution in [1.29, 1.82) is 0 Å². The van der Waals surface area contributed by atoms with Gasteiger partial charge in [0.05, 0.1) is 6.54 Å². The Labute approximate surface area is 196 Å². The third-order valence-corrected chi connectivity index (χ3v) is 5.44. The van der Waals surface area contributed by atoms with E-state index in [1.165, 1.54) is 12.1 Å². The molecule has 8 heteroatoms. The topological polar surface area (TPSA) is 93.3 Å². The lowest BCUT2D eigenvalue weighted by molar-refractivity contribution is -0.116. The molecule has 0 aliphatic carbocycles. The van der Waals surface area contributed by atoms with E-state index in [1.54, 1.807) is 19.1 Å². The van der Waals surface area contributed by atoms with E-state index in [0.717, 1.165) is 20.3 Å². The van der Waals surface area contributed by atoms with Crippen LogP contribution in [0.15, 0.2) is 58.1 Å². The van der Waals surface area contributed by atoms with Crippen LogP contribution in [0.25, 0.3) is 0 Å². The first-order chi connectivity index (χ1) is 15.8. The van der Waals surface area contributed by atoms with E-state index in [4.69, 9.17) is 11.6 Å². The van der Waals surface area contributed by atoms with Crippen molar-refractivity contribution in [3.05, 3.63) is 91.2 Å². The normalized spacial score (nSPS) is 10.4. The molecule has 0 fully saturated rings. The highest BCUT2D eigenvalue weighted by Crippen LogP contribution is 2.16. The number of carbonyl (C=O) groups is 1. The Bertz CT molecular complexity index is 1330. The molecule has 0 atom stereocenters. The summed E-state index contributed by atoms with van der Waals surface area (Å²) in [7, 11) is 0. The summed E-state index contributed by atoms with van der Waals surface area (Å²) in [6.07, 6.45) is 0.661. The minimum atomic E-state index is -0.654. The van der Waals surface area contributed by atoms with E-state index in [1.807, 2.05) is 31.2 Å². The molecule has 2 N–H and O–H groups in total. The Morgan fingerprint density at radius 2 is 1.73 bits per heavy atom. The Morgan fingerprint density at radius 1 is 1.06 bits per heavy atom. The molecule has 2 aromatic carbocycles. The van der Waals surface area contributed by atoms with Crippen LogP contribution in [0.5, 0.6) is 5.75 Å².